The molecule has 0 saturated carbocycles. The lowest BCUT2D eigenvalue weighted by Gasteiger charge is -2.47. The van der Waals surface area contributed by atoms with Crippen LogP contribution in [0.25, 0.3) is 0 Å². The highest BCUT2D eigenvalue weighted by atomic mass is 16.2. The number of para-hydroxylation sites is 1. The zero-order chi connectivity index (χ0) is 17.8. The number of piperidine rings is 2. The van der Waals surface area contributed by atoms with Gasteiger partial charge in [0.15, 0.2) is 0 Å². The molecule has 0 aromatic heterocycles. The SMILES string of the molecule is O=C1N(c2ccccc2)CCCC12CCCN(CCc1ccccc1)C2. The van der Waals surface area contributed by atoms with Gasteiger partial charge >= 0.3 is 0 Å². The van der Waals surface area contributed by atoms with Crippen molar-refractivity contribution in [2.45, 2.75) is 32.1 Å². The Kier molecular flexibility index (Phi) is 5.07. The van der Waals surface area contributed by atoms with E-state index in [0.29, 0.717) is 5.91 Å². The van der Waals surface area contributed by atoms with Crippen molar-refractivity contribution in [3.63, 3.8) is 0 Å². The number of hydrogen-bond acceptors (Lipinski definition) is 2. The summed E-state index contributed by atoms with van der Waals surface area (Å²) in [6.45, 7) is 3.94. The molecule has 1 atom stereocenters. The number of carbonyl (C=O) groups excluding carboxylic acids is 1. The minimum absolute atomic E-state index is 0.178. The van der Waals surface area contributed by atoms with Gasteiger partial charge in [-0.25, -0.2) is 0 Å². The van der Waals surface area contributed by atoms with Crippen molar-refractivity contribution in [3.05, 3.63) is 66.2 Å². The standard InChI is InChI=1S/C23H28N2O/c26-22-23(15-8-17-25(22)21-11-5-2-6-12-21)14-7-16-24(19-23)18-13-20-9-3-1-4-10-20/h1-6,9-12H,7-8,13-19H2. The van der Waals surface area contributed by atoms with Crippen molar-refractivity contribution >= 4 is 11.6 Å². The largest absolute Gasteiger partial charge is 0.312 e. The highest BCUT2D eigenvalue weighted by molar-refractivity contribution is 5.98. The van der Waals surface area contributed by atoms with E-state index in [9.17, 15) is 4.79 Å². The first kappa shape index (κ1) is 17.3. The molecule has 0 radical (unpaired) electrons. The summed E-state index contributed by atoms with van der Waals surface area (Å²) in [5.41, 5.74) is 2.26. The molecule has 0 N–H and O–H groups in total. The Morgan fingerprint density at radius 1 is 0.846 bits per heavy atom. The van der Waals surface area contributed by atoms with Gasteiger partial charge in [0.05, 0.1) is 5.41 Å². The summed E-state index contributed by atoms with van der Waals surface area (Å²) in [6.07, 6.45) is 5.37. The molecule has 26 heavy (non-hydrogen) atoms. The Labute approximate surface area is 156 Å². The van der Waals surface area contributed by atoms with E-state index in [1.807, 2.05) is 23.1 Å². The molecule has 3 heteroatoms. The van der Waals surface area contributed by atoms with E-state index in [0.717, 1.165) is 64.0 Å². The highest BCUT2D eigenvalue weighted by Gasteiger charge is 2.46. The van der Waals surface area contributed by atoms with E-state index in [1.54, 1.807) is 0 Å². The van der Waals surface area contributed by atoms with Gasteiger partial charge < -0.3 is 9.80 Å². The quantitative estimate of drug-likeness (QED) is 0.829. The third kappa shape index (κ3) is 3.54. The van der Waals surface area contributed by atoms with E-state index in [-0.39, 0.29) is 5.41 Å². The topological polar surface area (TPSA) is 23.6 Å². The van der Waals surface area contributed by atoms with Crippen LogP contribution in [-0.4, -0.2) is 37.0 Å². The number of rotatable bonds is 4. The molecule has 1 amide bonds. The first-order chi connectivity index (χ1) is 12.8. The molecule has 0 bridgehead atoms. The normalized spacial score (nSPS) is 24.2. The summed E-state index contributed by atoms with van der Waals surface area (Å²) in [5.74, 6) is 0.347. The fourth-order valence-corrected chi connectivity index (χ4v) is 4.65. The molecule has 1 spiro atoms. The molecule has 2 aliphatic rings. The van der Waals surface area contributed by atoms with Gasteiger partial charge in [-0.05, 0) is 56.3 Å². The second kappa shape index (κ2) is 7.63. The van der Waals surface area contributed by atoms with Crippen molar-refractivity contribution in [2.24, 2.45) is 5.41 Å². The number of nitrogens with zero attached hydrogens (tertiary/aromatic N) is 2. The lowest BCUT2D eigenvalue weighted by molar-refractivity contribution is -0.134. The lowest BCUT2D eigenvalue weighted by atomic mass is 9.72. The van der Waals surface area contributed by atoms with E-state index in [2.05, 4.69) is 47.4 Å². The molecular weight excluding hydrogens is 320 g/mol. The van der Waals surface area contributed by atoms with Crippen molar-refractivity contribution in [1.82, 2.24) is 4.90 Å². The summed E-state index contributed by atoms with van der Waals surface area (Å²) in [6, 6.07) is 20.9. The van der Waals surface area contributed by atoms with E-state index < -0.39 is 0 Å². The molecule has 1 unspecified atom stereocenters. The zero-order valence-corrected chi connectivity index (χ0v) is 15.4. The second-order valence-electron chi connectivity index (χ2n) is 7.79. The van der Waals surface area contributed by atoms with E-state index >= 15 is 0 Å². The molecule has 2 fully saturated rings. The van der Waals surface area contributed by atoms with Gasteiger partial charge in [0, 0.05) is 25.3 Å². The fraction of sp³-hybridized carbons (Fsp3) is 0.435. The van der Waals surface area contributed by atoms with Crippen molar-refractivity contribution in [3.8, 4) is 0 Å². The molecule has 2 heterocycles. The van der Waals surface area contributed by atoms with Crippen LogP contribution < -0.4 is 4.90 Å². The number of likely N-dealkylation sites (tertiary alicyclic amines) is 1. The average molecular weight is 348 g/mol. The van der Waals surface area contributed by atoms with E-state index in [1.165, 1.54) is 5.56 Å². The van der Waals surface area contributed by atoms with Crippen LogP contribution in [0.15, 0.2) is 60.7 Å². The summed E-state index contributed by atoms with van der Waals surface area (Å²) < 4.78 is 0. The maximum atomic E-state index is 13.4. The molecule has 2 aromatic rings. The van der Waals surface area contributed by atoms with Crippen molar-refractivity contribution < 1.29 is 4.79 Å². The van der Waals surface area contributed by atoms with Crippen LogP contribution in [0.2, 0.25) is 0 Å². The van der Waals surface area contributed by atoms with Crippen LogP contribution in [0, 0.1) is 5.41 Å². The second-order valence-corrected chi connectivity index (χ2v) is 7.79. The summed E-state index contributed by atoms with van der Waals surface area (Å²) in [7, 11) is 0. The lowest BCUT2D eigenvalue weighted by Crippen LogP contribution is -2.56. The molecule has 3 nitrogen and oxygen atoms in total. The summed E-state index contributed by atoms with van der Waals surface area (Å²) >= 11 is 0. The van der Waals surface area contributed by atoms with Gasteiger partial charge in [0.1, 0.15) is 0 Å². The van der Waals surface area contributed by atoms with Crippen LogP contribution in [0.1, 0.15) is 31.2 Å². The Morgan fingerprint density at radius 3 is 2.23 bits per heavy atom. The third-order valence-corrected chi connectivity index (χ3v) is 6.02. The minimum Gasteiger partial charge on any atom is -0.312 e. The van der Waals surface area contributed by atoms with Crippen molar-refractivity contribution in [2.75, 3.05) is 31.1 Å². The van der Waals surface area contributed by atoms with Gasteiger partial charge in [-0.2, -0.15) is 0 Å². The van der Waals surface area contributed by atoms with Gasteiger partial charge in [-0.3, -0.25) is 4.79 Å². The Balaban J connectivity index is 1.45. The van der Waals surface area contributed by atoms with Gasteiger partial charge in [-0.1, -0.05) is 48.5 Å². The molecule has 2 aromatic carbocycles. The van der Waals surface area contributed by atoms with Gasteiger partial charge in [0.25, 0.3) is 0 Å². The molecule has 4 rings (SSSR count). The highest BCUT2D eigenvalue weighted by Crippen LogP contribution is 2.40. The Morgan fingerprint density at radius 2 is 1.50 bits per heavy atom. The predicted molar refractivity (Wildman–Crippen MR) is 106 cm³/mol. The Bertz CT molecular complexity index is 726. The Hall–Kier alpha value is -2.13. The fourth-order valence-electron chi connectivity index (χ4n) is 4.65. The summed E-state index contributed by atoms with van der Waals surface area (Å²) in [4.78, 5) is 18.0. The molecule has 136 valence electrons. The average Bonchev–Trinajstić information content (AvgIpc) is 2.70. The van der Waals surface area contributed by atoms with Crippen LogP contribution in [0.4, 0.5) is 5.69 Å². The zero-order valence-electron chi connectivity index (χ0n) is 15.4. The smallest absolute Gasteiger partial charge is 0.234 e. The maximum absolute atomic E-state index is 13.4. The monoisotopic (exact) mass is 348 g/mol. The van der Waals surface area contributed by atoms with Crippen LogP contribution >= 0.6 is 0 Å². The predicted octanol–water partition coefficient (Wildman–Crippen LogP) is 4.14. The van der Waals surface area contributed by atoms with Crippen LogP contribution in [-0.2, 0) is 11.2 Å². The van der Waals surface area contributed by atoms with E-state index in [4.69, 9.17) is 0 Å². The van der Waals surface area contributed by atoms with Gasteiger partial charge in [0.2, 0.25) is 5.91 Å². The first-order valence-corrected chi connectivity index (χ1v) is 9.90. The minimum atomic E-state index is -0.178. The number of benzene rings is 2. The number of anilines is 1. The van der Waals surface area contributed by atoms with Crippen LogP contribution in [0.3, 0.4) is 0 Å². The number of hydrogen-bond donors (Lipinski definition) is 0. The molecule has 2 aliphatic heterocycles. The molecule has 0 aliphatic carbocycles. The van der Waals surface area contributed by atoms with Crippen LogP contribution in [0.5, 0.6) is 0 Å². The first-order valence-electron chi connectivity index (χ1n) is 9.90. The van der Waals surface area contributed by atoms with Crippen molar-refractivity contribution in [1.29, 1.82) is 0 Å². The molecular formula is C23H28N2O. The maximum Gasteiger partial charge on any atom is 0.234 e. The number of amides is 1. The van der Waals surface area contributed by atoms with Gasteiger partial charge in [-0.15, -0.1) is 0 Å². The number of carbonyl (C=O) groups is 1. The summed E-state index contributed by atoms with van der Waals surface area (Å²) in [5, 5.41) is 0. The molecule has 2 saturated heterocycles. The third-order valence-electron chi connectivity index (χ3n) is 6.02.